The molecule has 0 radical (unpaired) electrons. The Balaban J connectivity index is 2.06. The van der Waals surface area contributed by atoms with Crippen LogP contribution in [0, 0.1) is 13.8 Å². The molecule has 114 valence electrons. The van der Waals surface area contributed by atoms with Crippen molar-refractivity contribution >= 4 is 11.6 Å². The molecule has 0 aliphatic rings. The highest BCUT2D eigenvalue weighted by molar-refractivity contribution is 6.30. The van der Waals surface area contributed by atoms with E-state index in [0.717, 1.165) is 24.7 Å². The predicted octanol–water partition coefficient (Wildman–Crippen LogP) is 4.70. The summed E-state index contributed by atoms with van der Waals surface area (Å²) < 4.78 is 2.38. The van der Waals surface area contributed by atoms with Crippen molar-refractivity contribution in [3.63, 3.8) is 0 Å². The molecule has 0 saturated carbocycles. The monoisotopic (exact) mass is 304 g/mol. The number of nitrogens with one attached hydrogen (secondary N) is 1. The van der Waals surface area contributed by atoms with Gasteiger partial charge in [-0.2, -0.15) is 0 Å². The van der Waals surface area contributed by atoms with Crippen molar-refractivity contribution in [1.29, 1.82) is 0 Å². The second-order valence-corrected chi connectivity index (χ2v) is 6.08. The van der Waals surface area contributed by atoms with Crippen molar-refractivity contribution < 1.29 is 0 Å². The molecule has 0 unspecified atom stereocenters. The molecular weight excluding hydrogens is 280 g/mol. The summed E-state index contributed by atoms with van der Waals surface area (Å²) in [5, 5.41) is 4.32. The quantitative estimate of drug-likeness (QED) is 0.734. The van der Waals surface area contributed by atoms with Crippen LogP contribution in [-0.4, -0.2) is 11.1 Å². The maximum Gasteiger partial charge on any atom is 0.0475 e. The molecule has 0 fully saturated rings. The minimum atomic E-state index is 0.792. The van der Waals surface area contributed by atoms with E-state index in [9.17, 15) is 0 Å². The molecule has 0 atom stereocenters. The van der Waals surface area contributed by atoms with E-state index in [0.29, 0.717) is 0 Å². The van der Waals surface area contributed by atoms with Crippen LogP contribution in [0.25, 0.3) is 0 Å². The highest BCUT2D eigenvalue weighted by Crippen LogP contribution is 2.18. The van der Waals surface area contributed by atoms with Gasteiger partial charge in [-0.1, -0.05) is 37.1 Å². The lowest BCUT2D eigenvalue weighted by atomic mass is 10.2. The number of rotatable bonds is 7. The smallest absolute Gasteiger partial charge is 0.0475 e. The Bertz CT molecular complexity index is 570. The van der Waals surface area contributed by atoms with Crippen molar-refractivity contribution in [2.75, 3.05) is 6.54 Å². The normalized spacial score (nSPS) is 11.0. The van der Waals surface area contributed by atoms with Crippen LogP contribution in [0.4, 0.5) is 0 Å². The molecule has 1 aromatic heterocycles. The van der Waals surface area contributed by atoms with Gasteiger partial charge < -0.3 is 9.88 Å². The van der Waals surface area contributed by atoms with E-state index < -0.39 is 0 Å². The van der Waals surface area contributed by atoms with E-state index in [-0.39, 0.29) is 0 Å². The Kier molecular flexibility index (Phi) is 5.89. The summed E-state index contributed by atoms with van der Waals surface area (Å²) in [4.78, 5) is 0. The molecule has 0 bridgehead atoms. The second kappa shape index (κ2) is 7.67. The summed E-state index contributed by atoms with van der Waals surface area (Å²) in [6, 6.07) is 10.4. The topological polar surface area (TPSA) is 17.0 Å². The van der Waals surface area contributed by atoms with Crippen molar-refractivity contribution in [2.45, 2.75) is 46.7 Å². The fraction of sp³-hybridized carbons (Fsp3) is 0.444. The first-order valence-corrected chi connectivity index (χ1v) is 8.10. The molecule has 3 heteroatoms. The van der Waals surface area contributed by atoms with E-state index in [4.69, 9.17) is 11.6 Å². The molecule has 0 aliphatic heterocycles. The van der Waals surface area contributed by atoms with Crippen LogP contribution < -0.4 is 5.32 Å². The van der Waals surface area contributed by atoms with Gasteiger partial charge in [-0.25, -0.2) is 0 Å². The zero-order valence-electron chi connectivity index (χ0n) is 13.2. The van der Waals surface area contributed by atoms with Gasteiger partial charge in [-0.15, -0.1) is 0 Å². The van der Waals surface area contributed by atoms with E-state index in [1.54, 1.807) is 0 Å². The van der Waals surface area contributed by atoms with Crippen LogP contribution >= 0.6 is 11.6 Å². The average molecular weight is 305 g/mol. The third-order valence-electron chi connectivity index (χ3n) is 3.95. The molecule has 1 N–H and O–H groups in total. The van der Waals surface area contributed by atoms with E-state index in [2.05, 4.69) is 48.9 Å². The Hall–Kier alpha value is -1.25. The van der Waals surface area contributed by atoms with Crippen LogP contribution in [0.1, 0.15) is 42.3 Å². The molecule has 0 aliphatic carbocycles. The molecule has 0 saturated heterocycles. The molecule has 2 rings (SSSR count). The van der Waals surface area contributed by atoms with Gasteiger partial charge in [-0.05, 0) is 56.1 Å². The fourth-order valence-corrected chi connectivity index (χ4v) is 2.72. The summed E-state index contributed by atoms with van der Waals surface area (Å²) in [5.41, 5.74) is 5.35. The molecular formula is C18H25ClN2. The molecule has 2 nitrogen and oxygen atoms in total. The van der Waals surface area contributed by atoms with Gasteiger partial charge in [0.25, 0.3) is 0 Å². The standard InChI is InChI=1S/C18H25ClN2/c1-4-5-10-20-12-17-11-14(2)21(15(17)3)13-16-6-8-18(19)9-7-16/h6-9,11,20H,4-5,10,12-13H2,1-3H3. The van der Waals surface area contributed by atoms with Crippen molar-refractivity contribution in [1.82, 2.24) is 9.88 Å². The number of aryl methyl sites for hydroxylation is 1. The lowest BCUT2D eigenvalue weighted by Crippen LogP contribution is -2.15. The third kappa shape index (κ3) is 4.36. The maximum atomic E-state index is 5.95. The maximum absolute atomic E-state index is 5.95. The summed E-state index contributed by atoms with van der Waals surface area (Å²) >= 11 is 5.95. The van der Waals surface area contributed by atoms with Gasteiger partial charge in [0.2, 0.25) is 0 Å². The van der Waals surface area contributed by atoms with Crippen LogP contribution in [-0.2, 0) is 13.1 Å². The molecule has 2 aromatic rings. The Morgan fingerprint density at radius 2 is 1.86 bits per heavy atom. The highest BCUT2D eigenvalue weighted by Gasteiger charge is 2.09. The first kappa shape index (κ1) is 16.1. The van der Waals surface area contributed by atoms with Gasteiger partial charge in [0, 0.05) is 29.5 Å². The number of unbranched alkanes of at least 4 members (excludes halogenated alkanes) is 1. The summed E-state index contributed by atoms with van der Waals surface area (Å²) in [6.45, 7) is 9.57. The molecule has 1 aromatic carbocycles. The number of benzene rings is 1. The fourth-order valence-electron chi connectivity index (χ4n) is 2.59. The minimum absolute atomic E-state index is 0.792. The van der Waals surface area contributed by atoms with Gasteiger partial charge in [0.15, 0.2) is 0 Å². The van der Waals surface area contributed by atoms with Crippen LogP contribution in [0.5, 0.6) is 0 Å². The minimum Gasteiger partial charge on any atom is -0.344 e. The van der Waals surface area contributed by atoms with Crippen LogP contribution in [0.3, 0.4) is 0 Å². The van der Waals surface area contributed by atoms with Gasteiger partial charge in [-0.3, -0.25) is 0 Å². The Morgan fingerprint density at radius 1 is 1.14 bits per heavy atom. The van der Waals surface area contributed by atoms with E-state index in [1.807, 2.05) is 12.1 Å². The van der Waals surface area contributed by atoms with E-state index in [1.165, 1.54) is 35.4 Å². The number of aromatic nitrogens is 1. The van der Waals surface area contributed by atoms with Crippen LogP contribution in [0.2, 0.25) is 5.02 Å². The number of halogens is 1. The van der Waals surface area contributed by atoms with Gasteiger partial charge in [0.1, 0.15) is 0 Å². The first-order chi connectivity index (χ1) is 10.1. The number of hydrogen-bond acceptors (Lipinski definition) is 1. The molecule has 21 heavy (non-hydrogen) atoms. The molecule has 1 heterocycles. The SMILES string of the molecule is CCCCNCc1cc(C)n(Cc2ccc(Cl)cc2)c1C. The third-order valence-corrected chi connectivity index (χ3v) is 4.21. The summed E-state index contributed by atoms with van der Waals surface area (Å²) in [5.74, 6) is 0. The predicted molar refractivity (Wildman–Crippen MR) is 91.1 cm³/mol. The van der Waals surface area contributed by atoms with Crippen molar-refractivity contribution in [2.24, 2.45) is 0 Å². The molecule has 0 amide bonds. The van der Waals surface area contributed by atoms with Gasteiger partial charge in [0.05, 0.1) is 0 Å². The average Bonchev–Trinajstić information content (AvgIpc) is 2.73. The zero-order valence-corrected chi connectivity index (χ0v) is 14.0. The Morgan fingerprint density at radius 3 is 2.52 bits per heavy atom. The summed E-state index contributed by atoms with van der Waals surface area (Å²) in [7, 11) is 0. The van der Waals surface area contributed by atoms with Crippen molar-refractivity contribution in [3.8, 4) is 0 Å². The van der Waals surface area contributed by atoms with E-state index >= 15 is 0 Å². The largest absolute Gasteiger partial charge is 0.344 e. The van der Waals surface area contributed by atoms with Crippen molar-refractivity contribution in [3.05, 3.63) is 57.9 Å². The highest BCUT2D eigenvalue weighted by atomic mass is 35.5. The van der Waals surface area contributed by atoms with Crippen LogP contribution in [0.15, 0.2) is 30.3 Å². The number of nitrogens with zero attached hydrogens (tertiary/aromatic N) is 1. The van der Waals surface area contributed by atoms with Gasteiger partial charge >= 0.3 is 0 Å². The lowest BCUT2D eigenvalue weighted by Gasteiger charge is -2.10. The Labute approximate surface area is 133 Å². The first-order valence-electron chi connectivity index (χ1n) is 7.72. The zero-order chi connectivity index (χ0) is 15.2. The molecule has 0 spiro atoms. The number of hydrogen-bond donors (Lipinski definition) is 1. The lowest BCUT2D eigenvalue weighted by molar-refractivity contribution is 0.637. The summed E-state index contributed by atoms with van der Waals surface area (Å²) in [6.07, 6.45) is 2.48. The second-order valence-electron chi connectivity index (χ2n) is 5.64.